The molecule has 0 amide bonds. The third kappa shape index (κ3) is 8.54. The first-order valence-electron chi connectivity index (χ1n) is 8.02. The number of hydrogen-bond acceptors (Lipinski definition) is 2. The Balaban J connectivity index is 2.22. The summed E-state index contributed by atoms with van der Waals surface area (Å²) in [5.74, 6) is 0. The Hall–Kier alpha value is -0.530. The van der Waals surface area contributed by atoms with Crippen molar-refractivity contribution in [1.29, 1.82) is 0 Å². The second-order valence-corrected chi connectivity index (χ2v) is 5.67. The van der Waals surface area contributed by atoms with Crippen molar-refractivity contribution in [2.45, 2.75) is 96.0 Å². The van der Waals surface area contributed by atoms with Gasteiger partial charge in [0.05, 0.1) is 0 Å². The summed E-state index contributed by atoms with van der Waals surface area (Å²) in [5, 5.41) is 0. The van der Waals surface area contributed by atoms with E-state index in [1.165, 1.54) is 77.0 Å². The van der Waals surface area contributed by atoms with Crippen molar-refractivity contribution in [3.8, 4) is 0 Å². The van der Waals surface area contributed by atoms with Crippen molar-refractivity contribution in [3.63, 3.8) is 0 Å². The molecule has 18 heavy (non-hydrogen) atoms. The zero-order valence-corrected chi connectivity index (χ0v) is 11.9. The molecule has 0 saturated heterocycles. The summed E-state index contributed by atoms with van der Waals surface area (Å²) >= 11 is 0. The first kappa shape index (κ1) is 15.5. The molecule has 0 aromatic carbocycles. The van der Waals surface area contributed by atoms with Crippen LogP contribution >= 0.6 is 0 Å². The van der Waals surface area contributed by atoms with Gasteiger partial charge in [-0.15, -0.1) is 0 Å². The SMILES string of the molecule is O=COC1CCCCCCCCCCCCCC1. The molecule has 0 unspecified atom stereocenters. The molecule has 0 atom stereocenters. The summed E-state index contributed by atoms with van der Waals surface area (Å²) in [6, 6.07) is 0. The van der Waals surface area contributed by atoms with E-state index < -0.39 is 0 Å². The van der Waals surface area contributed by atoms with Gasteiger partial charge in [0.15, 0.2) is 0 Å². The molecule has 2 nitrogen and oxygen atoms in total. The molecule has 1 rings (SSSR count). The summed E-state index contributed by atoms with van der Waals surface area (Å²) < 4.78 is 5.19. The second-order valence-electron chi connectivity index (χ2n) is 5.67. The zero-order valence-electron chi connectivity index (χ0n) is 11.9. The third-order valence-corrected chi connectivity index (χ3v) is 4.05. The van der Waals surface area contributed by atoms with E-state index >= 15 is 0 Å². The molecule has 0 spiro atoms. The number of carbonyl (C=O) groups excluding carboxylic acids is 1. The van der Waals surface area contributed by atoms with E-state index in [1.54, 1.807) is 0 Å². The molecule has 1 saturated carbocycles. The van der Waals surface area contributed by atoms with Crippen LogP contribution in [-0.2, 0) is 9.53 Å². The van der Waals surface area contributed by atoms with Crippen molar-refractivity contribution in [2.24, 2.45) is 0 Å². The van der Waals surface area contributed by atoms with E-state index in [0.717, 1.165) is 12.8 Å². The summed E-state index contributed by atoms with van der Waals surface area (Å²) in [4.78, 5) is 10.5. The number of ether oxygens (including phenoxy) is 1. The van der Waals surface area contributed by atoms with Crippen LogP contribution < -0.4 is 0 Å². The largest absolute Gasteiger partial charge is 0.465 e. The highest BCUT2D eigenvalue weighted by molar-refractivity contribution is 5.37. The van der Waals surface area contributed by atoms with Gasteiger partial charge in [0.25, 0.3) is 6.47 Å². The van der Waals surface area contributed by atoms with Crippen LogP contribution in [0.1, 0.15) is 89.9 Å². The van der Waals surface area contributed by atoms with Crippen molar-refractivity contribution in [1.82, 2.24) is 0 Å². The maximum atomic E-state index is 10.5. The fourth-order valence-electron chi connectivity index (χ4n) is 2.87. The molecular formula is C16H30O2. The molecule has 106 valence electrons. The van der Waals surface area contributed by atoms with Crippen LogP contribution in [0.2, 0.25) is 0 Å². The van der Waals surface area contributed by atoms with E-state index in [9.17, 15) is 4.79 Å². The average Bonchev–Trinajstić information content (AvgIpc) is 2.39. The molecule has 1 aliphatic carbocycles. The lowest BCUT2D eigenvalue weighted by molar-refractivity contribution is -0.134. The molecule has 1 aliphatic rings. The number of carbonyl (C=O) groups is 1. The highest BCUT2D eigenvalue weighted by Gasteiger charge is 2.08. The summed E-state index contributed by atoms with van der Waals surface area (Å²) in [6.07, 6.45) is 18.5. The van der Waals surface area contributed by atoms with Gasteiger partial charge in [-0.1, -0.05) is 64.2 Å². The monoisotopic (exact) mass is 254 g/mol. The van der Waals surface area contributed by atoms with Gasteiger partial charge in [0.2, 0.25) is 0 Å². The van der Waals surface area contributed by atoms with Crippen LogP contribution in [0, 0.1) is 0 Å². The number of hydrogen-bond donors (Lipinski definition) is 0. The molecule has 0 aromatic rings. The smallest absolute Gasteiger partial charge is 0.293 e. The van der Waals surface area contributed by atoms with Gasteiger partial charge in [0, 0.05) is 0 Å². The first-order chi connectivity index (χ1) is 8.93. The summed E-state index contributed by atoms with van der Waals surface area (Å²) in [6.45, 7) is 0.638. The normalized spacial score (nSPS) is 22.7. The van der Waals surface area contributed by atoms with E-state index in [2.05, 4.69) is 0 Å². The summed E-state index contributed by atoms with van der Waals surface area (Å²) in [7, 11) is 0. The fourth-order valence-corrected chi connectivity index (χ4v) is 2.87. The molecule has 0 N–H and O–H groups in total. The topological polar surface area (TPSA) is 26.3 Å². The maximum Gasteiger partial charge on any atom is 0.293 e. The second kappa shape index (κ2) is 11.6. The zero-order chi connectivity index (χ0) is 12.9. The van der Waals surface area contributed by atoms with Gasteiger partial charge >= 0.3 is 0 Å². The lowest BCUT2D eigenvalue weighted by Gasteiger charge is -2.14. The van der Waals surface area contributed by atoms with Crippen molar-refractivity contribution in [2.75, 3.05) is 0 Å². The Morgan fingerprint density at radius 1 is 0.611 bits per heavy atom. The van der Waals surface area contributed by atoms with Gasteiger partial charge in [-0.25, -0.2) is 0 Å². The van der Waals surface area contributed by atoms with Gasteiger partial charge < -0.3 is 4.74 Å². The van der Waals surface area contributed by atoms with Crippen LogP contribution in [0.25, 0.3) is 0 Å². The van der Waals surface area contributed by atoms with E-state index in [-0.39, 0.29) is 6.10 Å². The van der Waals surface area contributed by atoms with Crippen molar-refractivity contribution >= 4 is 6.47 Å². The number of rotatable bonds is 2. The minimum atomic E-state index is 0.188. The van der Waals surface area contributed by atoms with Crippen LogP contribution in [0.5, 0.6) is 0 Å². The summed E-state index contributed by atoms with van der Waals surface area (Å²) in [5.41, 5.74) is 0. The van der Waals surface area contributed by atoms with Gasteiger partial charge in [0.1, 0.15) is 6.10 Å². The Bertz CT molecular complexity index is 176. The van der Waals surface area contributed by atoms with E-state index in [4.69, 9.17) is 4.74 Å². The Labute approximate surface area is 112 Å². The van der Waals surface area contributed by atoms with Crippen LogP contribution in [0.4, 0.5) is 0 Å². The minimum Gasteiger partial charge on any atom is -0.465 e. The molecule has 0 heterocycles. The predicted octanol–water partition coefficient (Wildman–Crippen LogP) is 5.00. The molecule has 0 radical (unpaired) electrons. The minimum absolute atomic E-state index is 0.188. The Morgan fingerprint density at radius 3 is 1.28 bits per heavy atom. The lowest BCUT2D eigenvalue weighted by atomic mass is 10.0. The molecular weight excluding hydrogens is 224 g/mol. The predicted molar refractivity (Wildman–Crippen MR) is 75.6 cm³/mol. The standard InChI is InChI=1S/C16H30O2/c17-15-18-16-13-11-9-7-5-3-1-2-4-6-8-10-12-14-16/h15-16H,1-14H2. The van der Waals surface area contributed by atoms with Crippen molar-refractivity contribution in [3.05, 3.63) is 0 Å². The molecule has 0 aliphatic heterocycles. The third-order valence-electron chi connectivity index (χ3n) is 4.05. The highest BCUT2D eigenvalue weighted by atomic mass is 16.5. The van der Waals surface area contributed by atoms with Crippen LogP contribution in [0.15, 0.2) is 0 Å². The highest BCUT2D eigenvalue weighted by Crippen LogP contribution is 2.18. The molecule has 1 fully saturated rings. The van der Waals surface area contributed by atoms with E-state index in [1.807, 2.05) is 0 Å². The maximum absolute atomic E-state index is 10.5. The lowest BCUT2D eigenvalue weighted by Crippen LogP contribution is -2.12. The van der Waals surface area contributed by atoms with E-state index in [0.29, 0.717) is 6.47 Å². The first-order valence-corrected chi connectivity index (χ1v) is 8.02. The van der Waals surface area contributed by atoms with Gasteiger partial charge in [-0.05, 0) is 25.7 Å². The fraction of sp³-hybridized carbons (Fsp3) is 0.938. The van der Waals surface area contributed by atoms with Crippen LogP contribution in [-0.4, -0.2) is 12.6 Å². The Morgan fingerprint density at radius 2 is 0.944 bits per heavy atom. The average molecular weight is 254 g/mol. The Kier molecular flexibility index (Phi) is 9.97. The molecule has 0 bridgehead atoms. The molecule has 0 aromatic heterocycles. The van der Waals surface area contributed by atoms with Gasteiger partial charge in [-0.3, -0.25) is 4.79 Å². The quantitative estimate of drug-likeness (QED) is 0.648. The van der Waals surface area contributed by atoms with Crippen molar-refractivity contribution < 1.29 is 9.53 Å². The van der Waals surface area contributed by atoms with Gasteiger partial charge in [-0.2, -0.15) is 0 Å². The van der Waals surface area contributed by atoms with Crippen LogP contribution in [0.3, 0.4) is 0 Å². The molecule has 2 heteroatoms.